The van der Waals surface area contributed by atoms with Crippen LogP contribution in [0.25, 0.3) is 0 Å². The highest BCUT2D eigenvalue weighted by Gasteiger charge is 2.40. The fraction of sp³-hybridized carbons (Fsp3) is 1.00. The first kappa shape index (κ1) is 14.3. The zero-order valence-corrected chi connectivity index (χ0v) is 12.2. The lowest BCUT2D eigenvalue weighted by atomic mass is 9.78. The number of hydrogen-bond acceptors (Lipinski definition) is 3. The van der Waals surface area contributed by atoms with Crippen LogP contribution in [-0.4, -0.2) is 49.3 Å². The Balaban J connectivity index is 1.88. The molecule has 1 aliphatic heterocycles. The molecule has 1 atom stereocenters. The summed E-state index contributed by atoms with van der Waals surface area (Å²) in [7, 11) is 0. The van der Waals surface area contributed by atoms with E-state index in [0.29, 0.717) is 11.6 Å². The maximum absolute atomic E-state index is 5.48. The average molecular weight is 254 g/mol. The molecule has 1 saturated carbocycles. The van der Waals surface area contributed by atoms with Crippen LogP contribution in [0.2, 0.25) is 0 Å². The number of ether oxygens (including phenoxy) is 1. The molecule has 3 heteroatoms. The van der Waals surface area contributed by atoms with E-state index < -0.39 is 0 Å². The van der Waals surface area contributed by atoms with E-state index in [4.69, 9.17) is 4.74 Å². The van der Waals surface area contributed by atoms with Crippen LogP contribution in [-0.2, 0) is 4.74 Å². The Morgan fingerprint density at radius 1 is 1.28 bits per heavy atom. The zero-order valence-electron chi connectivity index (χ0n) is 12.2. The predicted octanol–water partition coefficient (Wildman–Crippen LogP) is 2.41. The third kappa shape index (κ3) is 3.46. The van der Waals surface area contributed by atoms with Crippen molar-refractivity contribution in [2.24, 2.45) is 0 Å². The van der Waals surface area contributed by atoms with E-state index in [1.807, 2.05) is 0 Å². The van der Waals surface area contributed by atoms with Crippen LogP contribution in [0.3, 0.4) is 0 Å². The van der Waals surface area contributed by atoms with E-state index in [0.717, 1.165) is 13.2 Å². The molecule has 1 N–H and O–H groups in total. The first-order chi connectivity index (χ1) is 8.77. The molecule has 0 bridgehead atoms. The molecule has 0 aromatic rings. The smallest absolute Gasteiger partial charge is 0.0478 e. The fourth-order valence-electron chi connectivity index (χ4n) is 3.60. The molecule has 2 rings (SSSR count). The fourth-order valence-corrected chi connectivity index (χ4v) is 3.60. The molecule has 2 fully saturated rings. The van der Waals surface area contributed by atoms with Gasteiger partial charge in [-0.05, 0) is 33.1 Å². The van der Waals surface area contributed by atoms with Gasteiger partial charge in [-0.25, -0.2) is 0 Å². The number of piperazine rings is 1. The predicted molar refractivity (Wildman–Crippen MR) is 76.0 cm³/mol. The van der Waals surface area contributed by atoms with E-state index >= 15 is 0 Å². The van der Waals surface area contributed by atoms with Gasteiger partial charge in [-0.2, -0.15) is 0 Å². The highest BCUT2D eigenvalue weighted by Crippen LogP contribution is 2.35. The van der Waals surface area contributed by atoms with Crippen molar-refractivity contribution in [3.8, 4) is 0 Å². The lowest BCUT2D eigenvalue weighted by Gasteiger charge is -2.51. The Hall–Kier alpha value is -0.120. The van der Waals surface area contributed by atoms with Gasteiger partial charge < -0.3 is 10.1 Å². The van der Waals surface area contributed by atoms with Crippen LogP contribution in [0.15, 0.2) is 0 Å². The molecule has 1 unspecified atom stereocenters. The molecular weight excluding hydrogens is 224 g/mol. The Morgan fingerprint density at radius 3 is 2.78 bits per heavy atom. The minimum Gasteiger partial charge on any atom is -0.382 e. The van der Waals surface area contributed by atoms with Crippen molar-refractivity contribution in [3.05, 3.63) is 0 Å². The van der Waals surface area contributed by atoms with Crippen LogP contribution in [0.1, 0.15) is 52.4 Å². The van der Waals surface area contributed by atoms with Crippen molar-refractivity contribution in [2.45, 2.75) is 64.0 Å². The van der Waals surface area contributed by atoms with Crippen LogP contribution in [0.5, 0.6) is 0 Å². The number of nitrogens with one attached hydrogen (secondary N) is 1. The van der Waals surface area contributed by atoms with Gasteiger partial charge in [0, 0.05) is 44.4 Å². The van der Waals surface area contributed by atoms with E-state index in [1.165, 1.54) is 58.2 Å². The summed E-state index contributed by atoms with van der Waals surface area (Å²) in [4.78, 5) is 2.77. The Morgan fingerprint density at radius 2 is 2.06 bits per heavy atom. The van der Waals surface area contributed by atoms with Crippen molar-refractivity contribution < 1.29 is 4.74 Å². The minimum atomic E-state index is 0.469. The molecule has 1 heterocycles. The van der Waals surface area contributed by atoms with Gasteiger partial charge in [0.1, 0.15) is 0 Å². The third-order valence-electron chi connectivity index (χ3n) is 4.65. The molecule has 0 aromatic carbocycles. The van der Waals surface area contributed by atoms with E-state index in [1.54, 1.807) is 0 Å². The van der Waals surface area contributed by atoms with Crippen LogP contribution in [0, 0.1) is 0 Å². The van der Waals surface area contributed by atoms with Crippen LogP contribution < -0.4 is 5.32 Å². The van der Waals surface area contributed by atoms with Gasteiger partial charge in [-0.15, -0.1) is 0 Å². The lowest BCUT2D eigenvalue weighted by molar-refractivity contribution is 0.00584. The number of hydrogen-bond donors (Lipinski definition) is 1. The molecule has 1 spiro atoms. The van der Waals surface area contributed by atoms with E-state index in [-0.39, 0.29) is 0 Å². The summed E-state index contributed by atoms with van der Waals surface area (Å²) >= 11 is 0. The van der Waals surface area contributed by atoms with Crippen molar-refractivity contribution in [2.75, 3.05) is 32.8 Å². The molecular formula is C15H30N2O. The second kappa shape index (κ2) is 6.88. The number of rotatable bonds is 5. The van der Waals surface area contributed by atoms with Gasteiger partial charge in [0.05, 0.1) is 0 Å². The Labute approximate surface area is 112 Å². The molecule has 1 saturated heterocycles. The van der Waals surface area contributed by atoms with Gasteiger partial charge in [0.2, 0.25) is 0 Å². The third-order valence-corrected chi connectivity index (χ3v) is 4.65. The molecule has 3 nitrogen and oxygen atoms in total. The molecule has 0 amide bonds. The molecule has 106 valence electrons. The second-order valence-corrected chi connectivity index (χ2v) is 6.06. The molecule has 1 aliphatic carbocycles. The lowest BCUT2D eigenvalue weighted by Crippen LogP contribution is -2.64. The van der Waals surface area contributed by atoms with Crippen molar-refractivity contribution in [3.63, 3.8) is 0 Å². The van der Waals surface area contributed by atoms with Crippen LogP contribution >= 0.6 is 0 Å². The van der Waals surface area contributed by atoms with Gasteiger partial charge >= 0.3 is 0 Å². The molecule has 0 aromatic heterocycles. The molecule has 2 aliphatic rings. The van der Waals surface area contributed by atoms with Gasteiger partial charge in [0.15, 0.2) is 0 Å². The normalized spacial score (nSPS) is 28.7. The summed E-state index contributed by atoms with van der Waals surface area (Å²) in [5.74, 6) is 0. The standard InChI is InChI=1S/C15H30N2O/c1-3-18-11-7-10-17-12-14(2)16-13-15(17)8-5-4-6-9-15/h14,16H,3-13H2,1-2H3. The second-order valence-electron chi connectivity index (χ2n) is 6.06. The summed E-state index contributed by atoms with van der Waals surface area (Å²) in [5, 5.41) is 3.70. The Bertz CT molecular complexity index is 239. The van der Waals surface area contributed by atoms with Gasteiger partial charge in [0.25, 0.3) is 0 Å². The summed E-state index contributed by atoms with van der Waals surface area (Å²) in [6.07, 6.45) is 8.23. The maximum Gasteiger partial charge on any atom is 0.0478 e. The summed E-state index contributed by atoms with van der Waals surface area (Å²) in [6.45, 7) is 9.79. The van der Waals surface area contributed by atoms with Crippen molar-refractivity contribution in [1.82, 2.24) is 10.2 Å². The summed E-state index contributed by atoms with van der Waals surface area (Å²) in [5.41, 5.74) is 0.469. The highest BCUT2D eigenvalue weighted by atomic mass is 16.5. The number of nitrogens with zero attached hydrogens (tertiary/aromatic N) is 1. The van der Waals surface area contributed by atoms with Gasteiger partial charge in [-0.1, -0.05) is 19.3 Å². The monoisotopic (exact) mass is 254 g/mol. The topological polar surface area (TPSA) is 24.5 Å². The molecule has 0 radical (unpaired) electrons. The van der Waals surface area contributed by atoms with Gasteiger partial charge in [-0.3, -0.25) is 4.90 Å². The van der Waals surface area contributed by atoms with E-state index in [9.17, 15) is 0 Å². The largest absolute Gasteiger partial charge is 0.382 e. The average Bonchev–Trinajstić information content (AvgIpc) is 2.40. The first-order valence-corrected chi connectivity index (χ1v) is 7.83. The Kier molecular flexibility index (Phi) is 5.46. The highest BCUT2D eigenvalue weighted by molar-refractivity contribution is 4.99. The SMILES string of the molecule is CCOCCCN1CC(C)NCC12CCCCC2. The van der Waals surface area contributed by atoms with Crippen molar-refractivity contribution >= 4 is 0 Å². The molecule has 18 heavy (non-hydrogen) atoms. The minimum absolute atomic E-state index is 0.469. The summed E-state index contributed by atoms with van der Waals surface area (Å²) < 4.78 is 5.48. The van der Waals surface area contributed by atoms with Crippen LogP contribution in [0.4, 0.5) is 0 Å². The van der Waals surface area contributed by atoms with Crippen molar-refractivity contribution in [1.29, 1.82) is 0 Å². The first-order valence-electron chi connectivity index (χ1n) is 7.83. The zero-order chi connectivity index (χ0) is 12.8. The maximum atomic E-state index is 5.48. The quantitative estimate of drug-likeness (QED) is 0.763. The summed E-state index contributed by atoms with van der Waals surface area (Å²) in [6, 6.07) is 0.643. The van der Waals surface area contributed by atoms with E-state index in [2.05, 4.69) is 24.1 Å².